The third-order valence-electron chi connectivity index (χ3n) is 5.10. The van der Waals surface area contributed by atoms with Crippen molar-refractivity contribution in [2.24, 2.45) is 11.7 Å². The summed E-state index contributed by atoms with van der Waals surface area (Å²) in [4.78, 5) is 17.3. The van der Waals surface area contributed by atoms with Crippen LogP contribution in [0.25, 0.3) is 11.1 Å². The van der Waals surface area contributed by atoms with Crippen LogP contribution in [0.2, 0.25) is 0 Å². The molecule has 188 valence electrons. The van der Waals surface area contributed by atoms with Crippen molar-refractivity contribution < 1.29 is 18.3 Å². The van der Waals surface area contributed by atoms with Crippen molar-refractivity contribution in [2.45, 2.75) is 73.2 Å². The molecule has 0 saturated carbocycles. The number of nitrogens with zero attached hydrogens (tertiary/aromatic N) is 1. The second-order valence-electron chi connectivity index (χ2n) is 9.71. The maximum Gasteiger partial charge on any atom is 0.407 e. The second kappa shape index (κ2) is 12.4. The number of aromatic nitrogens is 1. The Kier molecular flexibility index (Phi) is 10.2. The lowest BCUT2D eigenvalue weighted by atomic mass is 9.89. The van der Waals surface area contributed by atoms with Crippen molar-refractivity contribution in [3.8, 4) is 11.1 Å². The number of nitrogens with two attached hydrogens (primary N) is 1. The molecule has 34 heavy (non-hydrogen) atoms. The van der Waals surface area contributed by atoms with E-state index in [2.05, 4.69) is 24.5 Å². The van der Waals surface area contributed by atoms with Crippen molar-refractivity contribution in [3.63, 3.8) is 0 Å². The zero-order chi connectivity index (χ0) is 25.5. The topological polar surface area (TPSA) is 129 Å². The zero-order valence-corrected chi connectivity index (χ0v) is 21.8. The molecule has 1 aromatic carbocycles. The van der Waals surface area contributed by atoms with Crippen LogP contribution in [-0.2, 0) is 41.9 Å². The van der Waals surface area contributed by atoms with E-state index in [9.17, 15) is 13.6 Å². The van der Waals surface area contributed by atoms with Gasteiger partial charge in [-0.1, -0.05) is 38.1 Å². The van der Waals surface area contributed by atoms with E-state index in [1.807, 2.05) is 52.0 Å². The molecular weight excluding hydrogens is 452 g/mol. The maximum absolute atomic E-state index is 12.4. The van der Waals surface area contributed by atoms with Crippen LogP contribution in [0.4, 0.5) is 4.79 Å². The van der Waals surface area contributed by atoms with Crippen LogP contribution in [0.5, 0.6) is 0 Å². The van der Waals surface area contributed by atoms with E-state index in [0.717, 1.165) is 45.6 Å². The van der Waals surface area contributed by atoms with Crippen molar-refractivity contribution in [3.05, 3.63) is 52.3 Å². The predicted molar refractivity (Wildman–Crippen MR) is 135 cm³/mol. The maximum atomic E-state index is 12.4. The minimum atomic E-state index is -2.21. The van der Waals surface area contributed by atoms with Crippen molar-refractivity contribution in [1.82, 2.24) is 15.6 Å². The second-order valence-corrected chi connectivity index (χ2v) is 10.6. The molecule has 2 rings (SSSR count). The number of benzene rings is 1. The molecule has 0 spiro atoms. The number of nitrogens with one attached hydrogen (secondary N) is 2. The molecule has 0 aliphatic rings. The SMILES string of the molecule is Cc1nc(CC(C)C)c(CNC(=O)OC(C)(C)C)c(-c2ccc(CN)cc2)c1CNCS(=O)[O-]. The molecule has 1 heterocycles. The van der Waals surface area contributed by atoms with Gasteiger partial charge in [0.25, 0.3) is 0 Å². The third-order valence-corrected chi connectivity index (χ3v) is 5.54. The quantitative estimate of drug-likeness (QED) is 0.434. The summed E-state index contributed by atoms with van der Waals surface area (Å²) in [5.41, 5.74) is 11.6. The number of alkyl carbamates (subject to hydrolysis) is 1. The Labute approximate surface area is 205 Å². The first kappa shape index (κ1) is 27.9. The molecule has 1 atom stereocenters. The van der Waals surface area contributed by atoms with Gasteiger partial charge in [0.1, 0.15) is 5.60 Å². The highest BCUT2D eigenvalue weighted by Gasteiger charge is 2.22. The first-order valence-corrected chi connectivity index (χ1v) is 12.7. The molecule has 0 bridgehead atoms. The summed E-state index contributed by atoms with van der Waals surface area (Å²) in [7, 11) is 0. The number of carbonyl (C=O) groups is 1. The van der Waals surface area contributed by atoms with Gasteiger partial charge in [-0.25, -0.2) is 4.79 Å². The van der Waals surface area contributed by atoms with Crippen LogP contribution in [-0.4, -0.2) is 31.3 Å². The zero-order valence-electron chi connectivity index (χ0n) is 21.0. The standard InChI is InChI=1S/C25H38N4O4S/c1-16(2)11-22-21(14-28-24(30)33-25(4,5)6)23(19-9-7-18(12-26)8-10-19)20(17(3)29-22)13-27-15-34(31)32/h7-10,16,27H,11-15,26H2,1-6H3,(H,28,30)(H,31,32)/p-1. The molecule has 0 aliphatic carbocycles. The van der Waals surface area contributed by atoms with Gasteiger partial charge in [-0.05, 0) is 73.4 Å². The lowest BCUT2D eigenvalue weighted by Gasteiger charge is -2.24. The van der Waals surface area contributed by atoms with Gasteiger partial charge in [0, 0.05) is 36.6 Å². The average Bonchev–Trinajstić information content (AvgIpc) is 2.72. The molecule has 2 aromatic rings. The molecule has 0 aliphatic heterocycles. The molecule has 1 unspecified atom stereocenters. The fourth-order valence-electron chi connectivity index (χ4n) is 3.70. The Morgan fingerprint density at radius 1 is 1.18 bits per heavy atom. The Balaban J connectivity index is 2.61. The number of hydrogen-bond acceptors (Lipinski definition) is 7. The minimum Gasteiger partial charge on any atom is -0.771 e. The summed E-state index contributed by atoms with van der Waals surface area (Å²) < 4.78 is 27.6. The molecule has 0 fully saturated rings. The number of carbonyl (C=O) groups excluding carboxylic acids is 1. The molecule has 1 aromatic heterocycles. The van der Waals surface area contributed by atoms with Crippen molar-refractivity contribution in [1.29, 1.82) is 0 Å². The number of hydrogen-bond donors (Lipinski definition) is 3. The molecule has 0 radical (unpaired) electrons. The predicted octanol–water partition coefficient (Wildman–Crippen LogP) is 3.67. The first-order chi connectivity index (χ1) is 15.9. The monoisotopic (exact) mass is 489 g/mol. The number of pyridine rings is 1. The number of aryl methyl sites for hydroxylation is 1. The first-order valence-electron chi connectivity index (χ1n) is 11.4. The Morgan fingerprint density at radius 3 is 2.35 bits per heavy atom. The highest BCUT2D eigenvalue weighted by molar-refractivity contribution is 7.79. The van der Waals surface area contributed by atoms with Gasteiger partial charge in [-0.15, -0.1) is 0 Å². The van der Waals surface area contributed by atoms with E-state index < -0.39 is 22.8 Å². The summed E-state index contributed by atoms with van der Waals surface area (Å²) in [6.45, 7) is 12.6. The van der Waals surface area contributed by atoms with Crippen molar-refractivity contribution in [2.75, 3.05) is 5.88 Å². The highest BCUT2D eigenvalue weighted by Crippen LogP contribution is 2.33. The van der Waals surface area contributed by atoms with Crippen LogP contribution in [0.3, 0.4) is 0 Å². The molecule has 8 nitrogen and oxygen atoms in total. The van der Waals surface area contributed by atoms with Gasteiger partial charge in [0.05, 0.1) is 5.88 Å². The molecule has 1 amide bonds. The summed E-state index contributed by atoms with van der Waals surface area (Å²) >= 11 is -2.21. The third kappa shape index (κ3) is 8.47. The smallest absolute Gasteiger partial charge is 0.407 e. The average molecular weight is 490 g/mol. The highest BCUT2D eigenvalue weighted by atomic mass is 32.2. The van der Waals surface area contributed by atoms with Gasteiger partial charge in [0.2, 0.25) is 0 Å². The van der Waals surface area contributed by atoms with Gasteiger partial charge in [0.15, 0.2) is 0 Å². The Hall–Kier alpha value is -2.33. The van der Waals surface area contributed by atoms with Crippen LogP contribution in [0.15, 0.2) is 24.3 Å². The van der Waals surface area contributed by atoms with Crippen LogP contribution in [0.1, 0.15) is 62.7 Å². The van der Waals surface area contributed by atoms with Gasteiger partial charge in [-0.2, -0.15) is 0 Å². The summed E-state index contributed by atoms with van der Waals surface area (Å²) in [5, 5.41) is 5.86. The minimum absolute atomic E-state index is 0.162. The van der Waals surface area contributed by atoms with Gasteiger partial charge < -0.3 is 25.7 Å². The van der Waals surface area contributed by atoms with E-state index in [1.165, 1.54) is 0 Å². The number of amides is 1. The fraction of sp³-hybridized carbons (Fsp3) is 0.520. The van der Waals surface area contributed by atoms with Gasteiger partial charge in [-0.3, -0.25) is 9.19 Å². The fourth-order valence-corrected chi connectivity index (χ4v) is 3.97. The Bertz CT molecular complexity index is 1000. The largest absolute Gasteiger partial charge is 0.771 e. The normalized spacial score (nSPS) is 12.6. The molecule has 9 heteroatoms. The molecular formula is C25H37N4O4S-. The summed E-state index contributed by atoms with van der Waals surface area (Å²) in [6.07, 6.45) is 0.229. The lowest BCUT2D eigenvalue weighted by molar-refractivity contribution is 0.0523. The van der Waals surface area contributed by atoms with E-state index in [1.54, 1.807) is 0 Å². The van der Waals surface area contributed by atoms with E-state index in [0.29, 0.717) is 19.0 Å². The number of rotatable bonds is 10. The van der Waals surface area contributed by atoms with Gasteiger partial charge >= 0.3 is 6.09 Å². The summed E-state index contributed by atoms with van der Waals surface area (Å²) in [6, 6.07) is 7.95. The van der Waals surface area contributed by atoms with Crippen LogP contribution >= 0.6 is 0 Å². The van der Waals surface area contributed by atoms with Crippen LogP contribution in [0, 0.1) is 12.8 Å². The van der Waals surface area contributed by atoms with E-state index in [-0.39, 0.29) is 12.4 Å². The molecule has 4 N–H and O–H groups in total. The van der Waals surface area contributed by atoms with E-state index in [4.69, 9.17) is 15.5 Å². The van der Waals surface area contributed by atoms with Crippen molar-refractivity contribution >= 4 is 17.2 Å². The molecule has 0 saturated heterocycles. The summed E-state index contributed by atoms with van der Waals surface area (Å²) in [5.74, 6) is 0.191. The Morgan fingerprint density at radius 2 is 1.82 bits per heavy atom. The lowest BCUT2D eigenvalue weighted by Crippen LogP contribution is -2.33. The number of ether oxygens (including phenoxy) is 1. The van der Waals surface area contributed by atoms with Crippen LogP contribution < -0.4 is 16.4 Å². The van der Waals surface area contributed by atoms with E-state index >= 15 is 0 Å².